The Morgan fingerprint density at radius 2 is 1.44 bits per heavy atom. The zero-order valence-corrected chi connectivity index (χ0v) is 19.3. The summed E-state index contributed by atoms with van der Waals surface area (Å²) < 4.78 is 98.0. The molecule has 1 saturated carbocycles. The first kappa shape index (κ1) is 26.4. The molecule has 0 amide bonds. The number of ether oxygens (including phenoxy) is 1. The van der Waals surface area contributed by atoms with Crippen molar-refractivity contribution in [3.05, 3.63) is 53.1 Å². The minimum atomic E-state index is -5.31. The average Bonchev–Trinajstić information content (AvgIpc) is 2.74. The van der Waals surface area contributed by atoms with Gasteiger partial charge in [0.1, 0.15) is 11.6 Å². The molecular weight excluding hydrogens is 461 g/mol. The molecule has 1 atom stereocenters. The van der Waals surface area contributed by atoms with Gasteiger partial charge < -0.3 is 4.74 Å². The molecule has 3 rings (SSSR count). The zero-order chi connectivity index (χ0) is 25.0. The van der Waals surface area contributed by atoms with Crippen molar-refractivity contribution in [1.29, 1.82) is 0 Å². The number of alkyl halides is 3. The fraction of sp³-hybridized carbons (Fsp3) is 0.538. The van der Waals surface area contributed by atoms with Crippen LogP contribution in [0, 0.1) is 41.0 Å². The maximum Gasteiger partial charge on any atom is 0.573 e. The Bertz CT molecular complexity index is 932. The molecule has 0 heterocycles. The molecule has 2 aromatic carbocycles. The van der Waals surface area contributed by atoms with E-state index in [1.807, 2.05) is 0 Å². The van der Waals surface area contributed by atoms with E-state index in [1.54, 1.807) is 0 Å². The molecule has 0 aromatic heterocycles. The molecule has 1 aliphatic rings. The predicted molar refractivity (Wildman–Crippen MR) is 116 cm³/mol. The van der Waals surface area contributed by atoms with Crippen LogP contribution in [0.1, 0.15) is 64.4 Å². The summed E-state index contributed by atoms with van der Waals surface area (Å²) in [5.41, 5.74) is -0.828. The minimum absolute atomic E-state index is 0.213. The second-order valence-electron chi connectivity index (χ2n) is 9.36. The van der Waals surface area contributed by atoms with Crippen molar-refractivity contribution in [2.75, 3.05) is 0 Å². The first-order chi connectivity index (χ1) is 16.0. The van der Waals surface area contributed by atoms with Crippen molar-refractivity contribution in [1.82, 2.24) is 0 Å². The van der Waals surface area contributed by atoms with Gasteiger partial charge in [0.2, 0.25) is 5.75 Å². The Morgan fingerprint density at radius 1 is 0.882 bits per heavy atom. The highest BCUT2D eigenvalue weighted by molar-refractivity contribution is 5.66. The number of hydrogen-bond donors (Lipinski definition) is 0. The summed E-state index contributed by atoms with van der Waals surface area (Å²) in [6.07, 6.45) is 3.33. The van der Waals surface area contributed by atoms with Crippen molar-refractivity contribution >= 4 is 0 Å². The Hall–Kier alpha value is -2.25. The quantitative estimate of drug-likeness (QED) is 0.336. The van der Waals surface area contributed by atoms with Crippen LogP contribution in [0.15, 0.2) is 24.3 Å². The lowest BCUT2D eigenvalue weighted by Gasteiger charge is -2.32. The van der Waals surface area contributed by atoms with Crippen molar-refractivity contribution in [2.45, 2.75) is 71.6 Å². The van der Waals surface area contributed by atoms with E-state index in [0.717, 1.165) is 30.9 Å². The molecule has 0 spiro atoms. The van der Waals surface area contributed by atoms with Crippen LogP contribution in [-0.2, 0) is 6.42 Å². The second-order valence-corrected chi connectivity index (χ2v) is 9.36. The maximum absolute atomic E-state index is 14.8. The molecule has 0 bridgehead atoms. The first-order valence-electron chi connectivity index (χ1n) is 11.7. The summed E-state index contributed by atoms with van der Waals surface area (Å²) in [6.45, 7) is 4.24. The van der Waals surface area contributed by atoms with Crippen molar-refractivity contribution in [2.24, 2.45) is 17.8 Å². The number of rotatable bonds is 8. The van der Waals surface area contributed by atoms with Gasteiger partial charge >= 0.3 is 6.36 Å². The highest BCUT2D eigenvalue weighted by atomic mass is 19.4. The van der Waals surface area contributed by atoms with Crippen LogP contribution in [0.25, 0.3) is 11.1 Å². The molecule has 188 valence electrons. The third-order valence-electron chi connectivity index (χ3n) is 6.83. The van der Waals surface area contributed by atoms with Crippen LogP contribution in [-0.4, -0.2) is 6.36 Å². The summed E-state index contributed by atoms with van der Waals surface area (Å²) in [5, 5.41) is 0. The van der Waals surface area contributed by atoms with E-state index in [-0.39, 0.29) is 5.92 Å². The number of benzene rings is 2. The smallest absolute Gasteiger partial charge is 0.399 e. The third kappa shape index (κ3) is 6.66. The van der Waals surface area contributed by atoms with Crippen LogP contribution in [0.4, 0.5) is 30.7 Å². The molecule has 0 saturated heterocycles. The van der Waals surface area contributed by atoms with E-state index in [2.05, 4.69) is 18.6 Å². The van der Waals surface area contributed by atoms with Crippen LogP contribution in [0.5, 0.6) is 5.75 Å². The maximum atomic E-state index is 14.8. The summed E-state index contributed by atoms with van der Waals surface area (Å²) in [5.74, 6) is -5.73. The highest BCUT2D eigenvalue weighted by Crippen LogP contribution is 2.38. The van der Waals surface area contributed by atoms with E-state index in [1.165, 1.54) is 32.1 Å². The Balaban J connectivity index is 1.73. The largest absolute Gasteiger partial charge is 0.573 e. The molecule has 1 fully saturated rings. The van der Waals surface area contributed by atoms with Gasteiger partial charge in [0, 0.05) is 0 Å². The van der Waals surface area contributed by atoms with E-state index < -0.39 is 46.5 Å². The molecule has 1 aliphatic carbocycles. The van der Waals surface area contributed by atoms with Crippen LogP contribution >= 0.6 is 0 Å². The molecule has 2 aromatic rings. The first-order valence-corrected chi connectivity index (χ1v) is 11.7. The average molecular weight is 491 g/mol. The second kappa shape index (κ2) is 11.0. The van der Waals surface area contributed by atoms with Crippen molar-refractivity contribution in [3.8, 4) is 16.9 Å². The van der Waals surface area contributed by atoms with E-state index in [4.69, 9.17) is 0 Å². The lowest BCUT2D eigenvalue weighted by molar-refractivity contribution is -0.276. The Labute approximate surface area is 195 Å². The molecule has 8 heteroatoms. The van der Waals surface area contributed by atoms with Crippen LogP contribution in [0.2, 0.25) is 0 Å². The van der Waals surface area contributed by atoms with E-state index >= 15 is 0 Å². The van der Waals surface area contributed by atoms with Gasteiger partial charge in [-0.2, -0.15) is 0 Å². The number of unbranched alkanes of at least 4 members (excludes halogenated alkanes) is 1. The van der Waals surface area contributed by atoms with Crippen LogP contribution < -0.4 is 4.74 Å². The molecule has 1 nitrogen and oxygen atoms in total. The van der Waals surface area contributed by atoms with Gasteiger partial charge in [-0.05, 0) is 72.4 Å². The fourth-order valence-electron chi connectivity index (χ4n) is 5.01. The van der Waals surface area contributed by atoms with Gasteiger partial charge in [-0.15, -0.1) is 13.2 Å². The molecule has 0 radical (unpaired) electrons. The van der Waals surface area contributed by atoms with Gasteiger partial charge in [0.05, 0.1) is 5.56 Å². The number of halogens is 7. The normalized spacial score (nSPS) is 19.8. The monoisotopic (exact) mass is 490 g/mol. The molecular formula is C26H29F7O. The summed E-state index contributed by atoms with van der Waals surface area (Å²) in [7, 11) is 0. The fourth-order valence-corrected chi connectivity index (χ4v) is 5.01. The lowest BCUT2D eigenvalue weighted by Crippen LogP contribution is -2.21. The van der Waals surface area contributed by atoms with Gasteiger partial charge in [0.15, 0.2) is 11.6 Å². The summed E-state index contributed by atoms with van der Waals surface area (Å²) in [6, 6.07) is 3.09. The van der Waals surface area contributed by atoms with E-state index in [9.17, 15) is 30.7 Å². The summed E-state index contributed by atoms with van der Waals surface area (Å²) in [4.78, 5) is 0. The number of hydrogen-bond acceptors (Lipinski definition) is 1. The van der Waals surface area contributed by atoms with Gasteiger partial charge in [-0.25, -0.2) is 17.6 Å². The predicted octanol–water partition coefficient (Wildman–Crippen LogP) is 8.98. The molecule has 1 unspecified atom stereocenters. The van der Waals surface area contributed by atoms with Gasteiger partial charge in [0.25, 0.3) is 0 Å². The molecule has 34 heavy (non-hydrogen) atoms. The highest BCUT2D eigenvalue weighted by Gasteiger charge is 2.34. The Morgan fingerprint density at radius 3 is 1.94 bits per heavy atom. The third-order valence-corrected chi connectivity index (χ3v) is 6.83. The topological polar surface area (TPSA) is 9.23 Å². The van der Waals surface area contributed by atoms with Crippen molar-refractivity contribution in [3.63, 3.8) is 0 Å². The SMILES string of the molecule is CCCCC1CCC(C(C)Cc2cc(F)c(-c3cc(F)c(OC(F)(F)F)c(F)c3)c(F)c2)CC1. The Kier molecular flexibility index (Phi) is 8.52. The minimum Gasteiger partial charge on any atom is -0.399 e. The standard InChI is InChI=1S/C26H29F7O/c1-3-4-5-16-6-8-18(9-7-16)15(2)10-17-11-20(27)24(21(28)12-17)19-13-22(29)25(23(30)14-19)34-26(31,32)33/h11-16,18H,3-10H2,1-2H3. The van der Waals surface area contributed by atoms with Gasteiger partial charge in [-0.3, -0.25) is 0 Å². The summed E-state index contributed by atoms with van der Waals surface area (Å²) >= 11 is 0. The lowest BCUT2D eigenvalue weighted by atomic mass is 9.73. The van der Waals surface area contributed by atoms with Gasteiger partial charge in [-0.1, -0.05) is 46.0 Å². The van der Waals surface area contributed by atoms with Crippen molar-refractivity contribution < 1.29 is 35.5 Å². The van der Waals surface area contributed by atoms with Crippen LogP contribution in [0.3, 0.4) is 0 Å². The molecule has 0 aliphatic heterocycles. The zero-order valence-electron chi connectivity index (χ0n) is 19.3. The molecule has 0 N–H and O–H groups in total. The van der Waals surface area contributed by atoms with E-state index in [0.29, 0.717) is 30.0 Å².